The number of hydrogen-bond acceptors (Lipinski definition) is 8. The smallest absolute Gasteiger partial charge is 0.258 e. The highest BCUT2D eigenvalue weighted by molar-refractivity contribution is 6.07. The van der Waals surface area contributed by atoms with E-state index in [-0.39, 0.29) is 41.3 Å². The predicted octanol–water partition coefficient (Wildman–Crippen LogP) is 4.12. The molecule has 2 aromatic carbocycles. The Morgan fingerprint density at radius 2 is 2.07 bits per heavy atom. The van der Waals surface area contributed by atoms with Crippen LogP contribution in [0.5, 0.6) is 5.75 Å². The molecule has 11 heteroatoms. The maximum atomic E-state index is 15.7. The first-order valence-corrected chi connectivity index (χ1v) is 12.8. The van der Waals surface area contributed by atoms with E-state index in [1.165, 1.54) is 37.7 Å². The van der Waals surface area contributed by atoms with Gasteiger partial charge in [-0.15, -0.1) is 0 Å². The van der Waals surface area contributed by atoms with Crippen LogP contribution >= 0.6 is 0 Å². The minimum atomic E-state index is -1.02. The number of carbonyl (C=O) groups excluding carboxylic acids is 1. The van der Waals surface area contributed by atoms with Crippen molar-refractivity contribution < 1.29 is 23.4 Å². The van der Waals surface area contributed by atoms with E-state index in [1.54, 1.807) is 30.5 Å². The lowest BCUT2D eigenvalue weighted by molar-refractivity contribution is 0.102. The molecule has 1 aliphatic heterocycles. The molecule has 0 spiro atoms. The van der Waals surface area contributed by atoms with Crippen molar-refractivity contribution in [2.75, 3.05) is 30.5 Å². The summed E-state index contributed by atoms with van der Waals surface area (Å²) in [6.45, 7) is 0.227. The minimum absolute atomic E-state index is 0.0689. The maximum Gasteiger partial charge on any atom is 0.258 e. The fourth-order valence-electron chi connectivity index (χ4n) is 5.07. The molecule has 1 aliphatic rings. The van der Waals surface area contributed by atoms with Gasteiger partial charge >= 0.3 is 0 Å². The summed E-state index contributed by atoms with van der Waals surface area (Å²) in [5, 5.41) is 22.4. The lowest BCUT2D eigenvalue weighted by Gasteiger charge is -2.28. The van der Waals surface area contributed by atoms with Crippen molar-refractivity contribution in [1.82, 2.24) is 9.97 Å². The van der Waals surface area contributed by atoms with Crippen molar-refractivity contribution in [3.8, 4) is 34.2 Å². The fourth-order valence-corrected chi connectivity index (χ4v) is 5.07. The highest BCUT2D eigenvalue weighted by Crippen LogP contribution is 2.38. The predicted molar refractivity (Wildman–Crippen MR) is 149 cm³/mol. The van der Waals surface area contributed by atoms with E-state index < -0.39 is 17.5 Å². The van der Waals surface area contributed by atoms with Gasteiger partial charge in [0.15, 0.2) is 5.82 Å². The number of nitrogens with one attached hydrogen (secondary N) is 1. The minimum Gasteiger partial charge on any atom is -0.496 e. The van der Waals surface area contributed by atoms with Gasteiger partial charge in [-0.2, -0.15) is 5.26 Å². The van der Waals surface area contributed by atoms with E-state index in [2.05, 4.69) is 21.4 Å². The van der Waals surface area contributed by atoms with Crippen LogP contribution in [0, 0.1) is 23.0 Å². The number of nitrogens with two attached hydrogens (primary N) is 1. The summed E-state index contributed by atoms with van der Waals surface area (Å²) < 4.78 is 35.6. The number of methoxy groups -OCH3 is 1. The third-order valence-corrected chi connectivity index (χ3v) is 7.03. The number of halogens is 2. The normalized spacial score (nSPS) is 16.3. The van der Waals surface area contributed by atoms with Crippen molar-refractivity contribution in [1.29, 1.82) is 5.26 Å². The SMILES string of the molecule is COc1cccc(F)c1-c1nccc(C(=O)Nc2ccc(-c3cnccc3C#N)cc2N2C[C@@H](N)C[C@H]2CO)c1F. The number of amides is 1. The molecule has 3 heterocycles. The zero-order valence-corrected chi connectivity index (χ0v) is 22.0. The Morgan fingerprint density at radius 3 is 2.83 bits per heavy atom. The molecule has 5 rings (SSSR count). The van der Waals surface area contributed by atoms with Crippen molar-refractivity contribution in [3.63, 3.8) is 0 Å². The lowest BCUT2D eigenvalue weighted by atomic mass is 10.0. The van der Waals surface area contributed by atoms with Crippen molar-refractivity contribution in [2.24, 2.45) is 5.73 Å². The molecular weight excluding hydrogens is 530 g/mol. The molecule has 4 aromatic rings. The molecule has 1 saturated heterocycles. The third-order valence-electron chi connectivity index (χ3n) is 7.03. The van der Waals surface area contributed by atoms with Crippen LogP contribution in [0.3, 0.4) is 0 Å². The van der Waals surface area contributed by atoms with Gasteiger partial charge in [-0.1, -0.05) is 12.1 Å². The van der Waals surface area contributed by atoms with Crippen LogP contribution in [0.25, 0.3) is 22.4 Å². The quantitative estimate of drug-likeness (QED) is 0.309. The first-order valence-electron chi connectivity index (χ1n) is 12.8. The number of rotatable bonds is 7. The monoisotopic (exact) mass is 556 g/mol. The number of carbonyl (C=O) groups is 1. The molecule has 0 aliphatic carbocycles. The van der Waals surface area contributed by atoms with Crippen LogP contribution in [0.1, 0.15) is 22.3 Å². The molecule has 41 heavy (non-hydrogen) atoms. The molecule has 0 radical (unpaired) electrons. The molecule has 0 bridgehead atoms. The van der Waals surface area contributed by atoms with Crippen molar-refractivity contribution >= 4 is 17.3 Å². The Bertz CT molecular complexity index is 1660. The first-order chi connectivity index (χ1) is 19.9. The van der Waals surface area contributed by atoms with Gasteiger partial charge in [0.25, 0.3) is 5.91 Å². The van der Waals surface area contributed by atoms with Crippen LogP contribution in [0.2, 0.25) is 0 Å². The maximum absolute atomic E-state index is 15.7. The van der Waals surface area contributed by atoms with Gasteiger partial charge in [0.05, 0.1) is 53.9 Å². The van der Waals surface area contributed by atoms with E-state index >= 15 is 4.39 Å². The average molecular weight is 557 g/mol. The number of aromatic nitrogens is 2. The van der Waals surface area contributed by atoms with E-state index in [0.717, 1.165) is 6.07 Å². The van der Waals surface area contributed by atoms with Crippen LogP contribution in [0.15, 0.2) is 67.1 Å². The average Bonchev–Trinajstić information content (AvgIpc) is 3.37. The summed E-state index contributed by atoms with van der Waals surface area (Å²) in [6.07, 6.45) is 4.83. The second kappa shape index (κ2) is 11.7. The molecule has 0 unspecified atom stereocenters. The highest BCUT2D eigenvalue weighted by atomic mass is 19.1. The van der Waals surface area contributed by atoms with Gasteiger partial charge in [0.2, 0.25) is 0 Å². The fraction of sp³-hybridized carbons (Fsp3) is 0.200. The summed E-state index contributed by atoms with van der Waals surface area (Å²) in [6, 6.07) is 13.6. The van der Waals surface area contributed by atoms with Gasteiger partial charge in [-0.05, 0) is 48.4 Å². The van der Waals surface area contributed by atoms with Crippen molar-refractivity contribution in [2.45, 2.75) is 18.5 Å². The molecule has 2 atom stereocenters. The molecule has 2 aromatic heterocycles. The van der Waals surface area contributed by atoms with Crippen LogP contribution in [-0.4, -0.2) is 53.3 Å². The Labute approximate surface area is 234 Å². The van der Waals surface area contributed by atoms with Crippen LogP contribution in [-0.2, 0) is 0 Å². The summed E-state index contributed by atoms with van der Waals surface area (Å²) in [7, 11) is 1.33. The number of aliphatic hydroxyl groups is 1. The Kier molecular flexibility index (Phi) is 7.87. The van der Waals surface area contributed by atoms with Crippen molar-refractivity contribution in [3.05, 3.63) is 89.9 Å². The highest BCUT2D eigenvalue weighted by Gasteiger charge is 2.32. The van der Waals surface area contributed by atoms with Gasteiger partial charge in [0.1, 0.15) is 17.3 Å². The summed E-state index contributed by atoms with van der Waals surface area (Å²) in [5.41, 5.74) is 7.79. The molecule has 9 nitrogen and oxygen atoms in total. The summed E-state index contributed by atoms with van der Waals surface area (Å²) in [5.74, 6) is -2.49. The largest absolute Gasteiger partial charge is 0.496 e. The van der Waals surface area contributed by atoms with Gasteiger partial charge in [-0.25, -0.2) is 8.78 Å². The standard InChI is InChI=1S/C30H26F2N6O3/c1-41-26-4-2-3-23(31)27(26)29-28(32)21(8-10-36-29)30(40)37-24-6-5-17(22-14-35-9-7-18(22)13-33)11-25(24)38-15-19(34)12-20(38)16-39/h2-11,14,19-20,39H,12,15-16,34H2,1H3,(H,37,40)/t19-,20-/m0/s1. The Balaban J connectivity index is 1.56. The lowest BCUT2D eigenvalue weighted by Crippen LogP contribution is -2.33. The van der Waals surface area contributed by atoms with Crippen LogP contribution < -0.4 is 20.7 Å². The van der Waals surface area contributed by atoms with E-state index in [1.807, 2.05) is 4.90 Å². The number of nitriles is 1. The second-order valence-corrected chi connectivity index (χ2v) is 9.54. The van der Waals surface area contributed by atoms with Gasteiger partial charge < -0.3 is 25.8 Å². The molecule has 0 saturated carbocycles. The number of aliphatic hydroxyl groups excluding tert-OH is 1. The van der Waals surface area contributed by atoms with E-state index in [0.29, 0.717) is 41.0 Å². The molecule has 4 N–H and O–H groups in total. The second-order valence-electron chi connectivity index (χ2n) is 9.54. The van der Waals surface area contributed by atoms with Crippen LogP contribution in [0.4, 0.5) is 20.2 Å². The zero-order valence-electron chi connectivity index (χ0n) is 22.0. The number of anilines is 2. The molecule has 208 valence electrons. The summed E-state index contributed by atoms with van der Waals surface area (Å²) >= 11 is 0. The third kappa shape index (κ3) is 5.30. The van der Waals surface area contributed by atoms with E-state index in [9.17, 15) is 19.6 Å². The Hall–Kier alpha value is -4.92. The molecule has 1 amide bonds. The number of pyridine rings is 2. The number of nitrogens with zero attached hydrogens (tertiary/aromatic N) is 4. The number of ether oxygens (including phenoxy) is 1. The first kappa shape index (κ1) is 27.6. The van der Waals surface area contributed by atoms with Gasteiger partial charge in [0, 0.05) is 36.7 Å². The Morgan fingerprint density at radius 1 is 1.24 bits per heavy atom. The van der Waals surface area contributed by atoms with Gasteiger partial charge in [-0.3, -0.25) is 14.8 Å². The number of benzene rings is 2. The number of hydrogen-bond donors (Lipinski definition) is 3. The molecular formula is C30H26F2N6O3. The van der Waals surface area contributed by atoms with E-state index in [4.69, 9.17) is 10.5 Å². The molecule has 1 fully saturated rings. The topological polar surface area (TPSA) is 137 Å². The zero-order chi connectivity index (χ0) is 29.1. The summed E-state index contributed by atoms with van der Waals surface area (Å²) in [4.78, 5) is 23.4.